The van der Waals surface area contributed by atoms with E-state index in [0.717, 1.165) is 38.5 Å². The standard InChI is InChI=1S/C30H28N2/c1-2-8-22(9-3-1)32-29-13-7-5-11-24(29)26-19-21(15-17-30(26)32)20-14-16-28-25(18-20)23-10-4-6-12-27(23)31-28/h1-4,6,8-13,18-19,23,27,31H,5,7,14-17H2. The van der Waals surface area contributed by atoms with Gasteiger partial charge in [-0.2, -0.15) is 0 Å². The van der Waals surface area contributed by atoms with E-state index >= 15 is 0 Å². The van der Waals surface area contributed by atoms with Gasteiger partial charge in [0.05, 0.1) is 6.04 Å². The van der Waals surface area contributed by atoms with Crippen LogP contribution >= 0.6 is 0 Å². The van der Waals surface area contributed by atoms with Crippen LogP contribution in [0.5, 0.6) is 0 Å². The molecule has 2 atom stereocenters. The van der Waals surface area contributed by atoms with Gasteiger partial charge >= 0.3 is 0 Å². The minimum atomic E-state index is 0.449. The Morgan fingerprint density at radius 3 is 2.56 bits per heavy atom. The van der Waals surface area contributed by atoms with E-state index in [1.54, 1.807) is 11.1 Å². The summed E-state index contributed by atoms with van der Waals surface area (Å²) in [6.07, 6.45) is 25.8. The van der Waals surface area contributed by atoms with Crippen molar-refractivity contribution >= 4 is 18.2 Å². The van der Waals surface area contributed by atoms with E-state index in [2.05, 4.69) is 88.8 Å². The van der Waals surface area contributed by atoms with E-state index in [0.29, 0.717) is 12.0 Å². The average molecular weight is 417 g/mol. The maximum absolute atomic E-state index is 3.76. The predicted molar refractivity (Wildman–Crippen MR) is 133 cm³/mol. The third-order valence-electron chi connectivity index (χ3n) is 7.77. The lowest BCUT2D eigenvalue weighted by atomic mass is 9.82. The molecule has 7 rings (SSSR count). The van der Waals surface area contributed by atoms with Gasteiger partial charge in [0.25, 0.3) is 0 Å². The second-order valence-electron chi connectivity index (χ2n) is 9.55. The molecule has 2 heterocycles. The molecule has 1 aromatic carbocycles. The SMILES string of the molecule is C1=CC2NC3=C(C=C(C4=Cc5c(n(-c6ccccc6)c6c5=CCCC=6)CC4)CC3)C2C=C1. The number of hydrogen-bond acceptors (Lipinski definition) is 1. The number of para-hydroxylation sites is 1. The summed E-state index contributed by atoms with van der Waals surface area (Å²) in [5.74, 6) is 0.500. The second kappa shape index (κ2) is 7.13. The van der Waals surface area contributed by atoms with E-state index in [1.165, 1.54) is 38.8 Å². The molecule has 5 aliphatic rings. The van der Waals surface area contributed by atoms with Crippen LogP contribution in [0, 0.1) is 5.92 Å². The highest BCUT2D eigenvalue weighted by molar-refractivity contribution is 5.68. The van der Waals surface area contributed by atoms with Crippen LogP contribution in [0.2, 0.25) is 0 Å². The van der Waals surface area contributed by atoms with Gasteiger partial charge in [-0.3, -0.25) is 0 Å². The van der Waals surface area contributed by atoms with Gasteiger partial charge in [-0.1, -0.05) is 60.7 Å². The van der Waals surface area contributed by atoms with Crippen LogP contribution in [-0.4, -0.2) is 10.6 Å². The zero-order chi connectivity index (χ0) is 21.1. The summed E-state index contributed by atoms with van der Waals surface area (Å²) in [6, 6.07) is 11.4. The molecule has 0 spiro atoms. The Labute approximate surface area is 189 Å². The monoisotopic (exact) mass is 416 g/mol. The maximum Gasteiger partial charge on any atom is 0.0548 e. The summed E-state index contributed by atoms with van der Waals surface area (Å²) < 4.78 is 2.52. The summed E-state index contributed by atoms with van der Waals surface area (Å²) in [6.45, 7) is 0. The molecule has 0 saturated heterocycles. The van der Waals surface area contributed by atoms with E-state index in [4.69, 9.17) is 0 Å². The number of nitrogens with one attached hydrogen (secondary N) is 1. The first-order chi connectivity index (χ1) is 15.9. The topological polar surface area (TPSA) is 17.0 Å². The molecule has 1 aliphatic heterocycles. The van der Waals surface area contributed by atoms with Crippen LogP contribution in [0.1, 0.15) is 43.4 Å². The number of rotatable bonds is 2. The summed E-state index contributed by atoms with van der Waals surface area (Å²) >= 11 is 0. The van der Waals surface area contributed by atoms with E-state index in [1.807, 2.05) is 0 Å². The molecule has 0 fully saturated rings. The number of allylic oxidation sites excluding steroid dienone is 6. The van der Waals surface area contributed by atoms with Crippen molar-refractivity contribution < 1.29 is 0 Å². The fourth-order valence-corrected chi connectivity index (χ4v) is 6.28. The normalized spacial score (nSPS) is 24.9. The molecule has 0 bridgehead atoms. The molecular formula is C30H28N2. The highest BCUT2D eigenvalue weighted by Gasteiger charge is 2.33. The van der Waals surface area contributed by atoms with E-state index in [-0.39, 0.29) is 0 Å². The Kier molecular flexibility index (Phi) is 4.08. The highest BCUT2D eigenvalue weighted by atomic mass is 15.0. The number of nitrogens with zero attached hydrogens (tertiary/aromatic N) is 1. The van der Waals surface area contributed by atoms with Gasteiger partial charge in [0, 0.05) is 39.1 Å². The van der Waals surface area contributed by atoms with Crippen molar-refractivity contribution in [3.63, 3.8) is 0 Å². The molecule has 0 amide bonds. The molecule has 2 aromatic rings. The van der Waals surface area contributed by atoms with Gasteiger partial charge in [-0.05, 0) is 73.5 Å². The van der Waals surface area contributed by atoms with Crippen LogP contribution in [0.25, 0.3) is 23.9 Å². The Bertz CT molecular complexity index is 1390. The summed E-state index contributed by atoms with van der Waals surface area (Å²) in [5, 5.41) is 6.61. The molecule has 1 aromatic heterocycles. The largest absolute Gasteiger partial charge is 0.381 e. The number of hydrogen-bond donors (Lipinski definition) is 1. The minimum Gasteiger partial charge on any atom is -0.381 e. The second-order valence-corrected chi connectivity index (χ2v) is 9.55. The van der Waals surface area contributed by atoms with Crippen molar-refractivity contribution in [3.8, 4) is 5.69 Å². The van der Waals surface area contributed by atoms with Gasteiger partial charge in [-0.15, -0.1) is 0 Å². The fourth-order valence-electron chi connectivity index (χ4n) is 6.28. The number of fused-ring (bicyclic) bond motifs is 5. The highest BCUT2D eigenvalue weighted by Crippen LogP contribution is 2.40. The van der Waals surface area contributed by atoms with Gasteiger partial charge in [0.15, 0.2) is 0 Å². The van der Waals surface area contributed by atoms with Crippen LogP contribution in [0.4, 0.5) is 0 Å². The Morgan fingerprint density at radius 1 is 0.812 bits per heavy atom. The molecule has 2 heteroatoms. The summed E-state index contributed by atoms with van der Waals surface area (Å²) in [5.41, 5.74) is 10.3. The zero-order valence-electron chi connectivity index (χ0n) is 18.4. The molecule has 32 heavy (non-hydrogen) atoms. The van der Waals surface area contributed by atoms with Crippen molar-refractivity contribution in [2.75, 3.05) is 0 Å². The van der Waals surface area contributed by atoms with Crippen molar-refractivity contribution in [2.24, 2.45) is 5.92 Å². The molecule has 0 radical (unpaired) electrons. The lowest BCUT2D eigenvalue weighted by molar-refractivity contribution is 0.624. The van der Waals surface area contributed by atoms with E-state index in [9.17, 15) is 0 Å². The molecule has 2 nitrogen and oxygen atoms in total. The van der Waals surface area contributed by atoms with Crippen LogP contribution in [-0.2, 0) is 6.42 Å². The Morgan fingerprint density at radius 2 is 1.62 bits per heavy atom. The summed E-state index contributed by atoms with van der Waals surface area (Å²) in [4.78, 5) is 0. The molecule has 2 unspecified atom stereocenters. The number of benzene rings is 1. The van der Waals surface area contributed by atoms with E-state index < -0.39 is 0 Å². The smallest absolute Gasteiger partial charge is 0.0548 e. The molecule has 4 aliphatic carbocycles. The van der Waals surface area contributed by atoms with Crippen molar-refractivity contribution in [1.29, 1.82) is 0 Å². The van der Waals surface area contributed by atoms with Gasteiger partial charge in [0.2, 0.25) is 0 Å². The summed E-state index contributed by atoms with van der Waals surface area (Å²) in [7, 11) is 0. The van der Waals surface area contributed by atoms with Gasteiger partial charge < -0.3 is 9.88 Å². The molecular weight excluding hydrogens is 388 g/mol. The zero-order valence-corrected chi connectivity index (χ0v) is 18.4. The quantitative estimate of drug-likeness (QED) is 0.741. The van der Waals surface area contributed by atoms with Crippen molar-refractivity contribution in [1.82, 2.24) is 9.88 Å². The Balaban J connectivity index is 1.34. The lowest BCUT2D eigenvalue weighted by Gasteiger charge is -2.23. The number of aromatic nitrogens is 1. The lowest BCUT2D eigenvalue weighted by Crippen LogP contribution is -2.31. The molecule has 1 N–H and O–H groups in total. The first-order valence-corrected chi connectivity index (χ1v) is 12.1. The van der Waals surface area contributed by atoms with Crippen LogP contribution in [0.15, 0.2) is 83.1 Å². The van der Waals surface area contributed by atoms with Gasteiger partial charge in [-0.25, -0.2) is 0 Å². The van der Waals surface area contributed by atoms with Crippen molar-refractivity contribution in [2.45, 2.75) is 44.6 Å². The third kappa shape index (κ3) is 2.72. The molecule has 158 valence electrons. The first kappa shape index (κ1) is 18.3. The molecule has 0 saturated carbocycles. The van der Waals surface area contributed by atoms with Gasteiger partial charge in [0.1, 0.15) is 0 Å². The Hall–Kier alpha value is -3.26. The third-order valence-corrected chi connectivity index (χ3v) is 7.77. The van der Waals surface area contributed by atoms with Crippen LogP contribution in [0.3, 0.4) is 0 Å². The average Bonchev–Trinajstić information content (AvgIpc) is 3.39. The minimum absolute atomic E-state index is 0.449. The van der Waals surface area contributed by atoms with Crippen LogP contribution < -0.4 is 15.9 Å². The predicted octanol–water partition coefficient (Wildman–Crippen LogP) is 4.85. The first-order valence-electron chi connectivity index (χ1n) is 12.1. The maximum atomic E-state index is 3.76. The fraction of sp³-hybridized carbons (Fsp3) is 0.267. The van der Waals surface area contributed by atoms with Crippen molar-refractivity contribution in [3.05, 3.63) is 105 Å².